The number of hydrogen-bond acceptors (Lipinski definition) is 2. The smallest absolute Gasteiger partial charge is 0.348 e. The number of imidazole rings is 1. The maximum atomic E-state index is 11.9. The number of carbonyl (C=O) groups is 1. The first kappa shape index (κ1) is 16.2. The predicted octanol–water partition coefficient (Wildman–Crippen LogP) is 3.16. The molecule has 3 aromatic rings. The van der Waals surface area contributed by atoms with Gasteiger partial charge >= 0.3 is 5.97 Å². The quantitative estimate of drug-likeness (QED) is 0.534. The van der Waals surface area contributed by atoms with Crippen LogP contribution in [0.15, 0.2) is 48.8 Å². The molecule has 0 aliphatic carbocycles. The summed E-state index contributed by atoms with van der Waals surface area (Å²) in [6.45, 7) is 7.45. The molecular weight excluding hydrogens is 300 g/mol. The maximum absolute atomic E-state index is 11.9. The molecule has 1 aromatic heterocycles. The Bertz CT molecular complexity index is 866. The SMILES string of the molecule is CCOC(=O)Cn1c[n+](Cc2ccccc2)c2cc(C)c(C)cc21. The second-order valence-electron chi connectivity index (χ2n) is 6.09. The number of benzene rings is 2. The van der Waals surface area contributed by atoms with Crippen molar-refractivity contribution in [2.24, 2.45) is 0 Å². The van der Waals surface area contributed by atoms with Gasteiger partial charge in [0.1, 0.15) is 6.54 Å². The van der Waals surface area contributed by atoms with Gasteiger partial charge in [0.2, 0.25) is 6.33 Å². The van der Waals surface area contributed by atoms with E-state index in [4.69, 9.17) is 4.74 Å². The average molecular weight is 323 g/mol. The number of aryl methyl sites for hydroxylation is 2. The van der Waals surface area contributed by atoms with Gasteiger partial charge in [-0.1, -0.05) is 30.3 Å². The Morgan fingerprint density at radius 2 is 1.83 bits per heavy atom. The number of carbonyl (C=O) groups excluding carboxylic acids is 1. The number of rotatable bonds is 5. The van der Waals surface area contributed by atoms with Gasteiger partial charge in [0, 0.05) is 0 Å². The van der Waals surface area contributed by atoms with E-state index in [0.717, 1.165) is 17.6 Å². The van der Waals surface area contributed by atoms with Crippen LogP contribution in [-0.4, -0.2) is 17.1 Å². The monoisotopic (exact) mass is 323 g/mol. The Kier molecular flexibility index (Phi) is 4.65. The van der Waals surface area contributed by atoms with Crippen molar-refractivity contribution in [1.82, 2.24) is 4.57 Å². The fraction of sp³-hybridized carbons (Fsp3) is 0.300. The molecule has 0 atom stereocenters. The van der Waals surface area contributed by atoms with Crippen molar-refractivity contribution in [2.45, 2.75) is 33.9 Å². The van der Waals surface area contributed by atoms with Crippen LogP contribution in [-0.2, 0) is 22.6 Å². The zero-order valence-electron chi connectivity index (χ0n) is 14.5. The van der Waals surface area contributed by atoms with E-state index in [9.17, 15) is 4.79 Å². The lowest BCUT2D eigenvalue weighted by molar-refractivity contribution is -0.663. The fourth-order valence-electron chi connectivity index (χ4n) is 2.92. The third-order valence-electron chi connectivity index (χ3n) is 4.29. The van der Waals surface area contributed by atoms with Gasteiger partial charge in [0.05, 0.1) is 6.61 Å². The van der Waals surface area contributed by atoms with Gasteiger partial charge in [-0.25, -0.2) is 13.9 Å². The van der Waals surface area contributed by atoms with Gasteiger partial charge in [-0.3, -0.25) is 0 Å². The summed E-state index contributed by atoms with van der Waals surface area (Å²) in [6, 6.07) is 14.7. The van der Waals surface area contributed by atoms with Crippen LogP contribution in [0.3, 0.4) is 0 Å². The second kappa shape index (κ2) is 6.87. The zero-order chi connectivity index (χ0) is 17.1. The largest absolute Gasteiger partial charge is 0.463 e. The third kappa shape index (κ3) is 3.32. The van der Waals surface area contributed by atoms with Crippen LogP contribution in [0.25, 0.3) is 11.0 Å². The molecule has 0 aliphatic heterocycles. The molecule has 0 fully saturated rings. The fourth-order valence-corrected chi connectivity index (χ4v) is 2.92. The lowest BCUT2D eigenvalue weighted by atomic mass is 10.1. The summed E-state index contributed by atoms with van der Waals surface area (Å²) in [5.74, 6) is -0.209. The lowest BCUT2D eigenvalue weighted by Crippen LogP contribution is -2.33. The van der Waals surface area contributed by atoms with Crippen molar-refractivity contribution in [3.05, 3.63) is 65.5 Å². The molecule has 0 unspecified atom stereocenters. The van der Waals surface area contributed by atoms with E-state index in [-0.39, 0.29) is 12.5 Å². The van der Waals surface area contributed by atoms with E-state index in [2.05, 4.69) is 42.7 Å². The number of hydrogen-bond donors (Lipinski definition) is 0. The first-order valence-corrected chi connectivity index (χ1v) is 8.27. The first-order chi connectivity index (χ1) is 11.6. The van der Waals surface area contributed by atoms with Gasteiger partial charge in [0.25, 0.3) is 0 Å². The Labute approximate surface area is 142 Å². The summed E-state index contributed by atoms with van der Waals surface area (Å²) in [5, 5.41) is 0. The van der Waals surface area contributed by atoms with Crippen LogP contribution in [0.1, 0.15) is 23.6 Å². The van der Waals surface area contributed by atoms with E-state index in [1.54, 1.807) is 0 Å². The summed E-state index contributed by atoms with van der Waals surface area (Å²) >= 11 is 0. The van der Waals surface area contributed by atoms with E-state index in [0.29, 0.717) is 6.61 Å². The molecule has 4 heteroatoms. The molecule has 0 bridgehead atoms. The molecule has 0 spiro atoms. The minimum Gasteiger partial charge on any atom is -0.463 e. The molecule has 0 saturated carbocycles. The van der Waals surface area contributed by atoms with Gasteiger partial charge in [-0.2, -0.15) is 0 Å². The van der Waals surface area contributed by atoms with Crippen LogP contribution in [0, 0.1) is 13.8 Å². The highest BCUT2D eigenvalue weighted by Gasteiger charge is 2.19. The lowest BCUT2D eigenvalue weighted by Gasteiger charge is -2.01. The van der Waals surface area contributed by atoms with Crippen molar-refractivity contribution in [2.75, 3.05) is 6.61 Å². The summed E-state index contributed by atoms with van der Waals surface area (Å²) < 4.78 is 9.27. The molecule has 0 amide bonds. The van der Waals surface area contributed by atoms with Gasteiger partial charge in [-0.15, -0.1) is 0 Å². The topological polar surface area (TPSA) is 35.1 Å². The van der Waals surface area contributed by atoms with E-state index in [1.807, 2.05) is 36.0 Å². The highest BCUT2D eigenvalue weighted by Crippen LogP contribution is 2.18. The first-order valence-electron chi connectivity index (χ1n) is 8.27. The van der Waals surface area contributed by atoms with Gasteiger partial charge in [0.15, 0.2) is 17.6 Å². The highest BCUT2D eigenvalue weighted by molar-refractivity contribution is 5.77. The van der Waals surface area contributed by atoms with E-state index in [1.165, 1.54) is 16.7 Å². The summed E-state index contributed by atoms with van der Waals surface area (Å²) in [5.41, 5.74) is 5.89. The normalized spacial score (nSPS) is 11.0. The molecule has 1 heterocycles. The molecule has 0 radical (unpaired) electrons. The van der Waals surface area contributed by atoms with Crippen molar-refractivity contribution in [3.8, 4) is 0 Å². The Hall–Kier alpha value is -2.62. The van der Waals surface area contributed by atoms with E-state index < -0.39 is 0 Å². The number of fused-ring (bicyclic) bond motifs is 1. The second-order valence-corrected chi connectivity index (χ2v) is 6.09. The molecule has 2 aromatic carbocycles. The van der Waals surface area contributed by atoms with Crippen LogP contribution >= 0.6 is 0 Å². The van der Waals surface area contributed by atoms with Crippen molar-refractivity contribution in [1.29, 1.82) is 0 Å². The van der Waals surface area contributed by atoms with Crippen molar-refractivity contribution in [3.63, 3.8) is 0 Å². The van der Waals surface area contributed by atoms with Crippen molar-refractivity contribution < 1.29 is 14.1 Å². The molecule has 24 heavy (non-hydrogen) atoms. The Morgan fingerprint density at radius 3 is 2.54 bits per heavy atom. The number of aromatic nitrogens is 2. The summed E-state index contributed by atoms with van der Waals surface area (Å²) in [4.78, 5) is 11.9. The average Bonchev–Trinajstić information content (AvgIpc) is 2.86. The standard InChI is InChI=1S/C20H23N2O2/c1-4-24-20(23)13-22-14-21(12-17-8-6-5-7-9-17)18-10-15(2)16(3)11-19(18)22/h5-11,14H,4,12-13H2,1-3H3/q+1. The van der Waals surface area contributed by atoms with Crippen LogP contribution in [0.4, 0.5) is 0 Å². The van der Waals surface area contributed by atoms with Crippen LogP contribution in [0.2, 0.25) is 0 Å². The molecule has 4 nitrogen and oxygen atoms in total. The minimum atomic E-state index is -0.209. The zero-order valence-corrected chi connectivity index (χ0v) is 14.5. The molecule has 0 saturated heterocycles. The number of ether oxygens (including phenoxy) is 1. The molecule has 124 valence electrons. The molecular formula is C20H23N2O2+. The van der Waals surface area contributed by atoms with Gasteiger partial charge < -0.3 is 4.74 Å². The minimum absolute atomic E-state index is 0.209. The third-order valence-corrected chi connectivity index (χ3v) is 4.29. The number of nitrogens with zero attached hydrogens (tertiary/aromatic N) is 2. The van der Waals surface area contributed by atoms with Crippen molar-refractivity contribution >= 4 is 17.0 Å². The Morgan fingerprint density at radius 1 is 1.12 bits per heavy atom. The molecule has 0 aliphatic rings. The van der Waals surface area contributed by atoms with Crippen LogP contribution < -0.4 is 4.57 Å². The van der Waals surface area contributed by atoms with Crippen LogP contribution in [0.5, 0.6) is 0 Å². The van der Waals surface area contributed by atoms with Gasteiger partial charge in [-0.05, 0) is 49.6 Å². The Balaban J connectivity index is 2.04. The highest BCUT2D eigenvalue weighted by atomic mass is 16.5. The number of esters is 1. The molecule has 3 rings (SSSR count). The summed E-state index contributed by atoms with van der Waals surface area (Å²) in [6.07, 6.45) is 2.01. The maximum Gasteiger partial charge on any atom is 0.348 e. The summed E-state index contributed by atoms with van der Waals surface area (Å²) in [7, 11) is 0. The van der Waals surface area contributed by atoms with E-state index >= 15 is 0 Å². The molecule has 0 N–H and O–H groups in total. The predicted molar refractivity (Wildman–Crippen MR) is 93.8 cm³/mol.